The second-order valence-electron chi connectivity index (χ2n) is 5.39. The molecule has 0 radical (unpaired) electrons. The van der Waals surface area contributed by atoms with Gasteiger partial charge in [-0.25, -0.2) is 0 Å². The summed E-state index contributed by atoms with van der Waals surface area (Å²) >= 11 is 0. The largest absolute Gasteiger partial charge is 0.309 e. The first kappa shape index (κ1) is 16.2. The molecular weight excluding hydrogens is 278 g/mol. The van der Waals surface area contributed by atoms with Crippen LogP contribution in [-0.2, 0) is 10.8 Å². The summed E-state index contributed by atoms with van der Waals surface area (Å²) in [6, 6.07) is 15.0. The van der Waals surface area contributed by atoms with E-state index in [1.54, 1.807) is 0 Å². The molecule has 0 aliphatic rings. The van der Waals surface area contributed by atoms with Crippen molar-refractivity contribution in [2.45, 2.75) is 32.7 Å². The number of fused-ring (bicyclic) bond motifs is 1. The number of rotatable bonds is 8. The number of hydrogen-bond acceptors (Lipinski definition) is 2. The Morgan fingerprint density at radius 3 is 2.57 bits per heavy atom. The smallest absolute Gasteiger partial charge is 0.0443 e. The molecule has 2 aromatic carbocycles. The van der Waals surface area contributed by atoms with E-state index in [9.17, 15) is 4.21 Å². The molecule has 21 heavy (non-hydrogen) atoms. The van der Waals surface area contributed by atoms with Gasteiger partial charge in [0.15, 0.2) is 0 Å². The van der Waals surface area contributed by atoms with Crippen LogP contribution in [0.1, 0.15) is 38.3 Å². The Balaban J connectivity index is 2.31. The molecule has 0 saturated heterocycles. The van der Waals surface area contributed by atoms with Crippen LogP contribution in [0.15, 0.2) is 42.5 Å². The normalized spacial score (nSPS) is 14.2. The quantitative estimate of drug-likeness (QED) is 0.797. The Kier molecular flexibility index (Phi) is 6.40. The van der Waals surface area contributed by atoms with Crippen molar-refractivity contribution in [3.05, 3.63) is 48.0 Å². The van der Waals surface area contributed by atoms with Crippen LogP contribution in [0, 0.1) is 0 Å². The zero-order valence-electron chi connectivity index (χ0n) is 13.0. The monoisotopic (exact) mass is 303 g/mol. The summed E-state index contributed by atoms with van der Waals surface area (Å²) in [7, 11) is -0.759. The molecule has 0 aromatic heterocycles. The number of hydrogen-bond donors (Lipinski definition) is 1. The highest BCUT2D eigenvalue weighted by molar-refractivity contribution is 7.85. The van der Waals surface area contributed by atoms with Gasteiger partial charge in [0.05, 0.1) is 0 Å². The van der Waals surface area contributed by atoms with Crippen LogP contribution in [0.5, 0.6) is 0 Å². The van der Waals surface area contributed by atoms with Crippen LogP contribution < -0.4 is 5.32 Å². The molecule has 114 valence electrons. The third kappa shape index (κ3) is 4.39. The molecule has 0 heterocycles. The highest BCUT2D eigenvalue weighted by Crippen LogP contribution is 2.25. The van der Waals surface area contributed by atoms with E-state index in [1.807, 2.05) is 0 Å². The first-order chi connectivity index (χ1) is 10.3. The third-order valence-corrected chi connectivity index (χ3v) is 5.19. The zero-order valence-corrected chi connectivity index (χ0v) is 13.8. The van der Waals surface area contributed by atoms with Crippen molar-refractivity contribution in [1.82, 2.24) is 5.32 Å². The Bertz CT molecular complexity index is 591. The standard InChI is InChI=1S/C18H25NOS/c1-3-12-19-18(14-21(20)13-4-2)17-11-7-9-15-8-5-6-10-16(15)17/h5-11,18-19H,3-4,12-14H2,1-2H3. The van der Waals surface area contributed by atoms with Crippen LogP contribution in [0.3, 0.4) is 0 Å². The molecule has 0 amide bonds. The van der Waals surface area contributed by atoms with Crippen molar-refractivity contribution in [3.8, 4) is 0 Å². The van der Waals surface area contributed by atoms with Gasteiger partial charge in [-0.15, -0.1) is 0 Å². The first-order valence-corrected chi connectivity index (χ1v) is 9.31. The molecule has 2 nitrogen and oxygen atoms in total. The van der Waals surface area contributed by atoms with Gasteiger partial charge in [0, 0.05) is 28.3 Å². The van der Waals surface area contributed by atoms with Crippen LogP contribution in [0.25, 0.3) is 10.8 Å². The van der Waals surface area contributed by atoms with E-state index in [4.69, 9.17) is 0 Å². The summed E-state index contributed by atoms with van der Waals surface area (Å²) in [5.41, 5.74) is 1.27. The lowest BCUT2D eigenvalue weighted by Gasteiger charge is -2.20. The topological polar surface area (TPSA) is 29.1 Å². The molecular formula is C18H25NOS. The summed E-state index contributed by atoms with van der Waals surface area (Å²) < 4.78 is 12.2. The van der Waals surface area contributed by atoms with Crippen molar-refractivity contribution in [2.75, 3.05) is 18.1 Å². The van der Waals surface area contributed by atoms with Gasteiger partial charge in [0.25, 0.3) is 0 Å². The number of benzene rings is 2. The van der Waals surface area contributed by atoms with Crippen molar-refractivity contribution in [3.63, 3.8) is 0 Å². The van der Waals surface area contributed by atoms with Crippen molar-refractivity contribution >= 4 is 21.6 Å². The molecule has 2 unspecified atom stereocenters. The molecule has 0 saturated carbocycles. The minimum absolute atomic E-state index is 0.170. The summed E-state index contributed by atoms with van der Waals surface area (Å²) in [5, 5.41) is 6.09. The molecule has 3 heteroatoms. The van der Waals surface area contributed by atoms with Gasteiger partial charge in [-0.2, -0.15) is 0 Å². The lowest BCUT2D eigenvalue weighted by Crippen LogP contribution is -2.27. The molecule has 1 N–H and O–H groups in total. The molecule has 0 aliphatic heterocycles. The van der Waals surface area contributed by atoms with E-state index in [1.165, 1.54) is 16.3 Å². The van der Waals surface area contributed by atoms with Crippen LogP contribution in [0.2, 0.25) is 0 Å². The molecule has 2 aromatic rings. The summed E-state index contributed by atoms with van der Waals surface area (Å²) in [6.45, 7) is 5.21. The molecule has 2 atom stereocenters. The van der Waals surface area contributed by atoms with E-state index in [2.05, 4.69) is 61.6 Å². The fourth-order valence-corrected chi connectivity index (χ4v) is 3.92. The maximum atomic E-state index is 12.2. The van der Waals surface area contributed by atoms with Gasteiger partial charge in [0.2, 0.25) is 0 Å². The van der Waals surface area contributed by atoms with Gasteiger partial charge < -0.3 is 5.32 Å². The Morgan fingerprint density at radius 1 is 1.05 bits per heavy atom. The minimum Gasteiger partial charge on any atom is -0.309 e. The van der Waals surface area contributed by atoms with Crippen molar-refractivity contribution in [1.29, 1.82) is 0 Å². The lowest BCUT2D eigenvalue weighted by molar-refractivity contribution is 0.572. The van der Waals surface area contributed by atoms with Crippen LogP contribution in [0.4, 0.5) is 0 Å². The maximum absolute atomic E-state index is 12.2. The van der Waals surface area contributed by atoms with Crippen LogP contribution >= 0.6 is 0 Å². The predicted octanol–water partition coefficient (Wildman–Crippen LogP) is 4.04. The summed E-state index contributed by atoms with van der Waals surface area (Å²) in [6.07, 6.45) is 2.06. The fraction of sp³-hybridized carbons (Fsp3) is 0.444. The Labute approximate surface area is 130 Å². The zero-order chi connectivity index (χ0) is 15.1. The van der Waals surface area contributed by atoms with E-state index >= 15 is 0 Å². The average molecular weight is 303 g/mol. The van der Waals surface area contributed by atoms with Gasteiger partial charge in [0.1, 0.15) is 0 Å². The highest BCUT2D eigenvalue weighted by atomic mass is 32.2. The molecule has 0 spiro atoms. The Morgan fingerprint density at radius 2 is 1.81 bits per heavy atom. The fourth-order valence-electron chi connectivity index (χ4n) is 2.63. The predicted molar refractivity (Wildman–Crippen MR) is 93.2 cm³/mol. The van der Waals surface area contributed by atoms with E-state index < -0.39 is 10.8 Å². The van der Waals surface area contributed by atoms with Gasteiger partial charge >= 0.3 is 0 Å². The average Bonchev–Trinajstić information content (AvgIpc) is 2.51. The SMILES string of the molecule is CCCNC(CS(=O)CCC)c1cccc2ccccc12. The maximum Gasteiger partial charge on any atom is 0.0443 e. The van der Waals surface area contributed by atoms with Gasteiger partial charge in [-0.3, -0.25) is 4.21 Å². The van der Waals surface area contributed by atoms with Gasteiger partial charge in [-0.05, 0) is 35.7 Å². The van der Waals surface area contributed by atoms with Crippen molar-refractivity contribution < 1.29 is 4.21 Å². The van der Waals surface area contributed by atoms with E-state index in [0.29, 0.717) is 5.75 Å². The number of nitrogens with one attached hydrogen (secondary N) is 1. The van der Waals surface area contributed by atoms with Crippen molar-refractivity contribution in [2.24, 2.45) is 0 Å². The lowest BCUT2D eigenvalue weighted by atomic mass is 9.99. The third-order valence-electron chi connectivity index (χ3n) is 3.62. The summed E-state index contributed by atoms with van der Waals surface area (Å²) in [4.78, 5) is 0. The second kappa shape index (κ2) is 8.30. The second-order valence-corrected chi connectivity index (χ2v) is 7.01. The molecule has 0 bridgehead atoms. The minimum atomic E-state index is -0.759. The summed E-state index contributed by atoms with van der Waals surface area (Å²) in [5.74, 6) is 1.48. The Hall–Kier alpha value is -1.19. The first-order valence-electron chi connectivity index (χ1n) is 7.82. The molecule has 0 aliphatic carbocycles. The molecule has 2 rings (SSSR count). The highest BCUT2D eigenvalue weighted by Gasteiger charge is 2.16. The van der Waals surface area contributed by atoms with Gasteiger partial charge in [-0.1, -0.05) is 56.3 Å². The van der Waals surface area contributed by atoms with E-state index in [-0.39, 0.29) is 6.04 Å². The van der Waals surface area contributed by atoms with E-state index in [0.717, 1.165) is 25.1 Å². The van der Waals surface area contributed by atoms with Crippen LogP contribution in [-0.4, -0.2) is 22.3 Å². The molecule has 0 fully saturated rings.